The number of rotatable bonds is 7. The van der Waals surface area contributed by atoms with Crippen molar-refractivity contribution >= 4 is 39.7 Å². The summed E-state index contributed by atoms with van der Waals surface area (Å²) in [4.78, 5) is 29.7. The molecule has 0 bridgehead atoms. The van der Waals surface area contributed by atoms with Gasteiger partial charge in [0, 0.05) is 47.7 Å². The smallest absolute Gasteiger partial charge is 0.318 e. The summed E-state index contributed by atoms with van der Waals surface area (Å²) in [7, 11) is 2.16. The molecule has 0 radical (unpaired) electrons. The van der Waals surface area contributed by atoms with E-state index in [0.717, 1.165) is 84.9 Å². The molecule has 208 valence electrons. The zero-order valence-electron chi connectivity index (χ0n) is 23.1. The van der Waals surface area contributed by atoms with Crippen LogP contribution in [0.4, 0.5) is 11.5 Å². The predicted molar refractivity (Wildman–Crippen MR) is 159 cm³/mol. The van der Waals surface area contributed by atoms with Gasteiger partial charge in [0.05, 0.1) is 17.3 Å². The first kappa shape index (κ1) is 25.8. The van der Waals surface area contributed by atoms with Gasteiger partial charge in [-0.3, -0.25) is 4.79 Å². The second-order valence-corrected chi connectivity index (χ2v) is 12.4. The Balaban J connectivity index is 1.21. The van der Waals surface area contributed by atoms with E-state index in [1.165, 1.54) is 18.1 Å². The summed E-state index contributed by atoms with van der Waals surface area (Å²) in [6.07, 6.45) is 6.50. The third kappa shape index (κ3) is 4.34. The first-order chi connectivity index (χ1) is 19.5. The summed E-state index contributed by atoms with van der Waals surface area (Å²) in [5.41, 5.74) is 3.16. The number of allylic oxidation sites excluding steroid dienone is 1. The molecule has 0 N–H and O–H groups in total. The number of hydrogen-bond acceptors (Lipinski definition) is 7. The molecule has 1 saturated carbocycles. The average Bonchev–Trinajstić information content (AvgIpc) is 3.59. The van der Waals surface area contributed by atoms with Crippen LogP contribution in [0.15, 0.2) is 49.1 Å². The van der Waals surface area contributed by atoms with E-state index >= 15 is 0 Å². The van der Waals surface area contributed by atoms with Gasteiger partial charge in [-0.05, 0) is 75.2 Å². The summed E-state index contributed by atoms with van der Waals surface area (Å²) < 4.78 is 6.30. The highest BCUT2D eigenvalue weighted by Gasteiger charge is 2.60. The molecule has 7 rings (SSSR count). The fraction of sp³-hybridized carbons (Fsp3) is 0.469. The lowest BCUT2D eigenvalue weighted by atomic mass is 9.90. The summed E-state index contributed by atoms with van der Waals surface area (Å²) in [5, 5.41) is 2.99. The molecule has 4 heterocycles. The van der Waals surface area contributed by atoms with E-state index in [2.05, 4.69) is 52.6 Å². The molecule has 2 aromatic carbocycles. The maximum Gasteiger partial charge on any atom is 0.318 e. The number of ether oxygens (including phenoxy) is 1. The first-order valence-corrected chi connectivity index (χ1v) is 14.9. The second-order valence-electron chi connectivity index (χ2n) is 12.0. The number of ketones is 1. The molecule has 3 atom stereocenters. The van der Waals surface area contributed by atoms with E-state index in [1.54, 1.807) is 0 Å². The van der Waals surface area contributed by atoms with Crippen LogP contribution in [0.3, 0.4) is 0 Å². The van der Waals surface area contributed by atoms with Crippen LogP contribution in [-0.4, -0.2) is 66.5 Å². The van der Waals surface area contributed by atoms with Crippen LogP contribution >= 0.6 is 11.6 Å². The molecule has 0 spiro atoms. The lowest BCUT2D eigenvalue weighted by Crippen LogP contribution is -2.40. The first-order valence-electron chi connectivity index (χ1n) is 14.5. The van der Waals surface area contributed by atoms with Gasteiger partial charge in [-0.15, -0.1) is 0 Å². The Morgan fingerprint density at radius 2 is 2.02 bits per heavy atom. The summed E-state index contributed by atoms with van der Waals surface area (Å²) >= 11 is 6.70. The number of aromatic nitrogens is 2. The van der Waals surface area contributed by atoms with Crippen LogP contribution < -0.4 is 14.5 Å². The summed E-state index contributed by atoms with van der Waals surface area (Å²) in [6.45, 7) is 8.64. The minimum absolute atomic E-state index is 0.192. The molecular formula is C32H36ClN5O2. The number of carbonyl (C=O) groups excluding carboxylic acids is 1. The lowest BCUT2D eigenvalue weighted by molar-refractivity contribution is -0.120. The number of anilines is 2. The molecule has 8 heteroatoms. The highest BCUT2D eigenvalue weighted by molar-refractivity contribution is 6.36. The highest BCUT2D eigenvalue weighted by atomic mass is 35.5. The molecular weight excluding hydrogens is 522 g/mol. The molecule has 2 unspecified atom stereocenters. The van der Waals surface area contributed by atoms with Crippen LogP contribution in [0.5, 0.6) is 6.01 Å². The molecule has 7 nitrogen and oxygen atoms in total. The molecule has 3 fully saturated rings. The Bertz CT molecular complexity index is 1490. The van der Waals surface area contributed by atoms with Gasteiger partial charge >= 0.3 is 6.01 Å². The van der Waals surface area contributed by atoms with E-state index < -0.39 is 0 Å². The molecule has 3 aromatic rings. The van der Waals surface area contributed by atoms with E-state index in [0.29, 0.717) is 31.1 Å². The standard InChI is InChI=1S/C32H36ClN5O2/c1-3-28(39)32-13-16-38(18-22(32)17-32)30-24-12-15-37(27-11-5-8-21-7-4-10-25(33)29(21)27)19-26(24)34-31(35-30)40-20-23-9-6-14-36(23)2/h3-5,7-8,10-11,22-23H,1,6,9,12-20H2,2H3/t22?,23-,32?/m0/s1. The molecule has 3 aliphatic heterocycles. The molecule has 1 aliphatic carbocycles. The number of likely N-dealkylation sites (tertiary alicyclic amines) is 1. The number of nitrogens with zero attached hydrogens (tertiary/aromatic N) is 5. The number of benzene rings is 2. The van der Waals surface area contributed by atoms with Crippen molar-refractivity contribution in [1.82, 2.24) is 14.9 Å². The number of carbonyl (C=O) groups is 1. The number of hydrogen-bond donors (Lipinski definition) is 0. The monoisotopic (exact) mass is 557 g/mol. The van der Waals surface area contributed by atoms with Crippen LogP contribution in [0.2, 0.25) is 5.02 Å². The number of fused-ring (bicyclic) bond motifs is 3. The van der Waals surface area contributed by atoms with Crippen LogP contribution in [0.25, 0.3) is 10.8 Å². The summed E-state index contributed by atoms with van der Waals surface area (Å²) in [5.74, 6) is 1.56. The van der Waals surface area contributed by atoms with E-state index in [-0.39, 0.29) is 11.2 Å². The summed E-state index contributed by atoms with van der Waals surface area (Å²) in [6, 6.07) is 13.3. The fourth-order valence-electron chi connectivity index (χ4n) is 7.26. The minimum Gasteiger partial charge on any atom is -0.462 e. The average molecular weight is 558 g/mol. The molecule has 1 aromatic heterocycles. The van der Waals surface area contributed by atoms with Crippen molar-refractivity contribution in [2.24, 2.45) is 11.3 Å². The van der Waals surface area contributed by atoms with Crippen molar-refractivity contribution < 1.29 is 9.53 Å². The van der Waals surface area contributed by atoms with Crippen LogP contribution in [0, 0.1) is 11.3 Å². The third-order valence-electron chi connectivity index (χ3n) is 9.75. The Kier molecular flexibility index (Phi) is 6.47. The van der Waals surface area contributed by atoms with E-state index in [9.17, 15) is 4.79 Å². The molecule has 4 aliphatic rings. The Morgan fingerprint density at radius 1 is 1.18 bits per heavy atom. The zero-order valence-corrected chi connectivity index (χ0v) is 23.9. The maximum atomic E-state index is 12.6. The minimum atomic E-state index is -0.192. The van der Waals surface area contributed by atoms with Gasteiger partial charge in [0.15, 0.2) is 5.78 Å². The molecule has 2 saturated heterocycles. The van der Waals surface area contributed by atoms with Crippen LogP contribution in [-0.2, 0) is 17.8 Å². The van der Waals surface area contributed by atoms with Crippen molar-refractivity contribution in [3.05, 3.63) is 65.3 Å². The van der Waals surface area contributed by atoms with Crippen molar-refractivity contribution in [1.29, 1.82) is 0 Å². The van der Waals surface area contributed by atoms with Gasteiger partial charge in [-0.25, -0.2) is 0 Å². The fourth-order valence-corrected chi connectivity index (χ4v) is 7.54. The number of halogens is 1. The van der Waals surface area contributed by atoms with E-state index in [1.807, 2.05) is 12.1 Å². The van der Waals surface area contributed by atoms with Gasteiger partial charge in [0.1, 0.15) is 12.4 Å². The Morgan fingerprint density at radius 3 is 2.80 bits per heavy atom. The number of piperidine rings is 1. The lowest BCUT2D eigenvalue weighted by Gasteiger charge is -2.36. The predicted octanol–water partition coefficient (Wildman–Crippen LogP) is 5.29. The van der Waals surface area contributed by atoms with Crippen LogP contribution in [0.1, 0.15) is 36.9 Å². The normalized spacial score (nSPS) is 25.9. The number of likely N-dealkylation sites (N-methyl/N-ethyl adjacent to an activating group) is 1. The Hall–Kier alpha value is -3.16. The van der Waals surface area contributed by atoms with Gasteiger partial charge in [0.25, 0.3) is 0 Å². The molecule has 0 amide bonds. The maximum absolute atomic E-state index is 12.6. The third-order valence-corrected chi connectivity index (χ3v) is 10.1. The van der Waals surface area contributed by atoms with Crippen molar-refractivity contribution in [3.8, 4) is 6.01 Å². The quantitative estimate of drug-likeness (QED) is 0.366. The van der Waals surface area contributed by atoms with Crippen molar-refractivity contribution in [2.75, 3.05) is 49.6 Å². The topological polar surface area (TPSA) is 61.8 Å². The van der Waals surface area contributed by atoms with Gasteiger partial charge in [0.2, 0.25) is 0 Å². The second kappa shape index (κ2) is 10.0. The Labute approximate surface area is 240 Å². The van der Waals surface area contributed by atoms with Gasteiger partial charge in [-0.2, -0.15) is 9.97 Å². The van der Waals surface area contributed by atoms with Crippen molar-refractivity contribution in [2.45, 2.75) is 44.7 Å². The highest BCUT2D eigenvalue weighted by Crippen LogP contribution is 2.59. The largest absolute Gasteiger partial charge is 0.462 e. The van der Waals surface area contributed by atoms with Gasteiger partial charge < -0.3 is 19.4 Å². The van der Waals surface area contributed by atoms with Crippen molar-refractivity contribution in [3.63, 3.8) is 0 Å². The SMILES string of the molecule is C=CC(=O)C12CCN(c3nc(OC[C@@H]4CCCN4C)nc4c3CCN(c3cccc5cccc(Cl)c35)C4)CC1C2. The van der Waals surface area contributed by atoms with E-state index in [4.69, 9.17) is 26.3 Å². The zero-order chi connectivity index (χ0) is 27.4. The molecule has 40 heavy (non-hydrogen) atoms. The van der Waals surface area contributed by atoms with Gasteiger partial charge in [-0.1, -0.05) is 42.4 Å².